The lowest BCUT2D eigenvalue weighted by atomic mass is 10.1. The van der Waals surface area contributed by atoms with Gasteiger partial charge in [0.1, 0.15) is 11.3 Å². The van der Waals surface area contributed by atoms with E-state index in [0.717, 1.165) is 22.0 Å². The molecule has 5 nitrogen and oxygen atoms in total. The molecule has 0 saturated heterocycles. The summed E-state index contributed by atoms with van der Waals surface area (Å²) >= 11 is 0. The van der Waals surface area contributed by atoms with Gasteiger partial charge in [-0.05, 0) is 23.3 Å². The molecule has 5 heteroatoms. The molecule has 2 aromatic carbocycles. The highest BCUT2D eigenvalue weighted by atomic mass is 16.5. The van der Waals surface area contributed by atoms with E-state index in [1.54, 1.807) is 13.3 Å². The molecule has 0 aliphatic carbocycles. The van der Waals surface area contributed by atoms with E-state index in [4.69, 9.17) is 9.47 Å². The van der Waals surface area contributed by atoms with Gasteiger partial charge in [-0.1, -0.05) is 42.5 Å². The number of methoxy groups -OCH3 is 1. The fraction of sp³-hybridized carbons (Fsp3) is 0.200. The molecule has 128 valence electrons. The van der Waals surface area contributed by atoms with Crippen molar-refractivity contribution >= 4 is 16.8 Å². The van der Waals surface area contributed by atoms with E-state index in [2.05, 4.69) is 10.3 Å². The highest BCUT2D eigenvalue weighted by molar-refractivity contribution is 5.85. The Kier molecular flexibility index (Phi) is 5.59. The number of carbonyl (C=O) groups is 1. The second kappa shape index (κ2) is 8.26. The largest absolute Gasteiger partial charge is 0.481 e. The molecular weight excluding hydrogens is 316 g/mol. The standard InChI is InChI=1S/C20H20N2O3/c1-24-13-17-7-3-2-6-16(17)12-22-19(23)14-25-18-10-4-8-15-9-5-11-21-20(15)18/h2-11H,12-14H2,1H3,(H,22,23). The molecule has 1 amide bonds. The quantitative estimate of drug-likeness (QED) is 0.720. The summed E-state index contributed by atoms with van der Waals surface area (Å²) in [4.78, 5) is 16.4. The van der Waals surface area contributed by atoms with Crippen LogP contribution in [0.5, 0.6) is 5.75 Å². The number of pyridine rings is 1. The summed E-state index contributed by atoms with van der Waals surface area (Å²) in [6.07, 6.45) is 1.71. The lowest BCUT2D eigenvalue weighted by molar-refractivity contribution is -0.123. The summed E-state index contributed by atoms with van der Waals surface area (Å²) in [6, 6.07) is 17.4. The molecule has 0 fully saturated rings. The number of ether oxygens (including phenoxy) is 2. The molecule has 0 unspecified atom stereocenters. The van der Waals surface area contributed by atoms with E-state index >= 15 is 0 Å². The molecule has 0 radical (unpaired) electrons. The second-order valence-corrected chi connectivity index (χ2v) is 5.60. The first-order valence-corrected chi connectivity index (χ1v) is 8.07. The summed E-state index contributed by atoms with van der Waals surface area (Å²) in [5.74, 6) is 0.424. The minimum Gasteiger partial charge on any atom is -0.481 e. The summed E-state index contributed by atoms with van der Waals surface area (Å²) in [5.41, 5.74) is 2.84. The lowest BCUT2D eigenvalue weighted by Gasteiger charge is -2.11. The molecule has 0 aliphatic rings. The number of carbonyl (C=O) groups excluding carboxylic acids is 1. The number of hydrogen-bond donors (Lipinski definition) is 1. The smallest absolute Gasteiger partial charge is 0.258 e. The van der Waals surface area contributed by atoms with Crippen LogP contribution >= 0.6 is 0 Å². The molecule has 1 aromatic heterocycles. The van der Waals surface area contributed by atoms with Crippen molar-refractivity contribution in [2.24, 2.45) is 0 Å². The van der Waals surface area contributed by atoms with Crippen LogP contribution in [0.3, 0.4) is 0 Å². The molecule has 1 N–H and O–H groups in total. The molecule has 25 heavy (non-hydrogen) atoms. The molecule has 1 heterocycles. The van der Waals surface area contributed by atoms with Gasteiger partial charge in [0.25, 0.3) is 5.91 Å². The van der Waals surface area contributed by atoms with Gasteiger partial charge >= 0.3 is 0 Å². The van der Waals surface area contributed by atoms with Crippen LogP contribution in [0.2, 0.25) is 0 Å². The van der Waals surface area contributed by atoms with Crippen LogP contribution in [0.4, 0.5) is 0 Å². The molecule has 0 spiro atoms. The Bertz CT molecular complexity index is 859. The zero-order valence-corrected chi connectivity index (χ0v) is 14.1. The molecule has 0 aliphatic heterocycles. The van der Waals surface area contributed by atoms with Crippen molar-refractivity contribution in [1.82, 2.24) is 10.3 Å². The first-order valence-electron chi connectivity index (χ1n) is 8.07. The van der Waals surface area contributed by atoms with Gasteiger partial charge in [0, 0.05) is 25.2 Å². The van der Waals surface area contributed by atoms with Crippen molar-refractivity contribution in [2.45, 2.75) is 13.2 Å². The fourth-order valence-electron chi connectivity index (χ4n) is 2.61. The van der Waals surface area contributed by atoms with E-state index in [-0.39, 0.29) is 12.5 Å². The maximum atomic E-state index is 12.1. The minimum atomic E-state index is -0.180. The zero-order valence-electron chi connectivity index (χ0n) is 14.1. The van der Waals surface area contributed by atoms with Gasteiger partial charge in [0.15, 0.2) is 6.61 Å². The van der Waals surface area contributed by atoms with Gasteiger partial charge < -0.3 is 14.8 Å². The minimum absolute atomic E-state index is 0.0534. The third kappa shape index (κ3) is 4.33. The number of para-hydroxylation sites is 1. The van der Waals surface area contributed by atoms with Gasteiger partial charge in [-0.3, -0.25) is 9.78 Å². The molecular formula is C20H20N2O3. The topological polar surface area (TPSA) is 60.5 Å². The lowest BCUT2D eigenvalue weighted by Crippen LogP contribution is -2.28. The van der Waals surface area contributed by atoms with Gasteiger partial charge in [-0.2, -0.15) is 0 Å². The van der Waals surface area contributed by atoms with E-state index in [1.807, 2.05) is 54.6 Å². The number of fused-ring (bicyclic) bond motifs is 1. The van der Waals surface area contributed by atoms with Crippen molar-refractivity contribution in [3.05, 3.63) is 71.9 Å². The Hall–Kier alpha value is -2.92. The third-order valence-corrected chi connectivity index (χ3v) is 3.85. The van der Waals surface area contributed by atoms with Gasteiger partial charge in [-0.15, -0.1) is 0 Å². The second-order valence-electron chi connectivity index (χ2n) is 5.60. The van der Waals surface area contributed by atoms with Gasteiger partial charge in [0.05, 0.1) is 6.61 Å². The average molecular weight is 336 g/mol. The van der Waals surface area contributed by atoms with Crippen LogP contribution in [0, 0.1) is 0 Å². The Morgan fingerprint density at radius 2 is 1.84 bits per heavy atom. The van der Waals surface area contributed by atoms with Crippen molar-refractivity contribution < 1.29 is 14.3 Å². The summed E-state index contributed by atoms with van der Waals surface area (Å²) in [6.45, 7) is 0.905. The highest BCUT2D eigenvalue weighted by Crippen LogP contribution is 2.22. The van der Waals surface area contributed by atoms with Crippen LogP contribution in [0.25, 0.3) is 10.9 Å². The fourth-order valence-corrected chi connectivity index (χ4v) is 2.61. The predicted molar refractivity (Wildman–Crippen MR) is 96.2 cm³/mol. The number of benzene rings is 2. The van der Waals surface area contributed by atoms with E-state index in [9.17, 15) is 4.79 Å². The molecule has 0 atom stereocenters. The SMILES string of the molecule is COCc1ccccc1CNC(=O)COc1cccc2cccnc12. The van der Waals surface area contributed by atoms with Crippen LogP contribution in [-0.2, 0) is 22.7 Å². The maximum absolute atomic E-state index is 12.1. The average Bonchev–Trinajstić information content (AvgIpc) is 2.66. The number of rotatable bonds is 7. The third-order valence-electron chi connectivity index (χ3n) is 3.85. The monoisotopic (exact) mass is 336 g/mol. The summed E-state index contributed by atoms with van der Waals surface area (Å²) in [7, 11) is 1.65. The number of hydrogen-bond acceptors (Lipinski definition) is 4. The maximum Gasteiger partial charge on any atom is 0.258 e. The Labute approximate surface area is 146 Å². The molecule has 3 rings (SSSR count). The van der Waals surface area contributed by atoms with Crippen LogP contribution < -0.4 is 10.1 Å². The molecule has 0 bridgehead atoms. The van der Waals surface area contributed by atoms with E-state index in [1.165, 1.54) is 0 Å². The van der Waals surface area contributed by atoms with Crippen LogP contribution in [0.15, 0.2) is 60.8 Å². The normalized spacial score (nSPS) is 10.6. The number of amides is 1. The predicted octanol–water partition coefficient (Wildman–Crippen LogP) is 3.08. The highest BCUT2D eigenvalue weighted by Gasteiger charge is 2.08. The summed E-state index contributed by atoms with van der Waals surface area (Å²) < 4.78 is 10.8. The molecule has 3 aromatic rings. The first-order chi connectivity index (χ1) is 12.3. The van der Waals surface area contributed by atoms with Crippen LogP contribution in [-0.4, -0.2) is 24.6 Å². The van der Waals surface area contributed by atoms with Gasteiger partial charge in [0.2, 0.25) is 0 Å². The number of nitrogens with zero attached hydrogens (tertiary/aromatic N) is 1. The van der Waals surface area contributed by atoms with Crippen molar-refractivity contribution in [2.75, 3.05) is 13.7 Å². The zero-order chi connectivity index (χ0) is 17.5. The van der Waals surface area contributed by atoms with E-state index < -0.39 is 0 Å². The Balaban J connectivity index is 1.58. The Morgan fingerprint density at radius 3 is 2.68 bits per heavy atom. The van der Waals surface area contributed by atoms with E-state index in [0.29, 0.717) is 18.9 Å². The number of nitrogens with one attached hydrogen (secondary N) is 1. The van der Waals surface area contributed by atoms with Crippen molar-refractivity contribution in [3.8, 4) is 5.75 Å². The first kappa shape index (κ1) is 16.9. The summed E-state index contributed by atoms with van der Waals surface area (Å²) in [5, 5.41) is 3.86. The Morgan fingerprint density at radius 1 is 1.04 bits per heavy atom. The number of aromatic nitrogens is 1. The van der Waals surface area contributed by atoms with Gasteiger partial charge in [-0.25, -0.2) is 0 Å². The van der Waals surface area contributed by atoms with Crippen molar-refractivity contribution in [3.63, 3.8) is 0 Å². The van der Waals surface area contributed by atoms with Crippen molar-refractivity contribution in [1.29, 1.82) is 0 Å². The molecule has 0 saturated carbocycles. The van der Waals surface area contributed by atoms with Crippen LogP contribution in [0.1, 0.15) is 11.1 Å².